The third kappa shape index (κ3) is 5.63. The number of carbonyl (C=O) groups is 2. The Hall–Kier alpha value is -4.38. The molecule has 3 rings (SSSR count). The van der Waals surface area contributed by atoms with Gasteiger partial charge in [0.2, 0.25) is 0 Å². The molecule has 4 N–H and O–H groups in total. The van der Waals surface area contributed by atoms with Crippen LogP contribution < -0.4 is 15.8 Å². The van der Waals surface area contributed by atoms with Gasteiger partial charge in [0.1, 0.15) is 28.8 Å². The van der Waals surface area contributed by atoms with Crippen LogP contribution in [0.1, 0.15) is 23.6 Å². The summed E-state index contributed by atoms with van der Waals surface area (Å²) in [4.78, 5) is 25.1. The zero-order valence-electron chi connectivity index (χ0n) is 19.2. The van der Waals surface area contributed by atoms with Crippen molar-refractivity contribution in [3.8, 4) is 11.5 Å². The summed E-state index contributed by atoms with van der Waals surface area (Å²) in [6.45, 7) is 0.800. The van der Waals surface area contributed by atoms with Gasteiger partial charge >= 0.3 is 11.8 Å². The number of rotatable bonds is 9. The molecule has 11 heteroatoms. The topological polar surface area (TPSA) is 124 Å². The van der Waals surface area contributed by atoms with Crippen LogP contribution in [0.25, 0.3) is 0 Å². The summed E-state index contributed by atoms with van der Waals surface area (Å²) in [5.41, 5.74) is 5.40. The van der Waals surface area contributed by atoms with Crippen LogP contribution in [0.2, 0.25) is 0 Å². The summed E-state index contributed by atoms with van der Waals surface area (Å²) in [7, 11) is 0.941. The number of esters is 1. The van der Waals surface area contributed by atoms with Gasteiger partial charge in [-0.05, 0) is 42.0 Å². The molecule has 0 fully saturated rings. The number of methoxy groups -OCH3 is 1. The molecule has 0 aliphatic rings. The predicted molar refractivity (Wildman–Crippen MR) is 123 cm³/mol. The Labute approximate surface area is 204 Å². The van der Waals surface area contributed by atoms with E-state index in [1.165, 1.54) is 12.1 Å². The van der Waals surface area contributed by atoms with Crippen molar-refractivity contribution in [3.05, 3.63) is 94.8 Å². The largest absolute Gasteiger partial charge is 0.454 e. The lowest BCUT2D eigenvalue weighted by Gasteiger charge is -2.31. The zero-order valence-corrected chi connectivity index (χ0v) is 19.2. The molecule has 36 heavy (non-hydrogen) atoms. The standard InChI is InChI=1S/C25H22F3N3O5/c1-14(32)36-25(34-2,24(33)31-13-15-3-5-16(6-4-15)23(29)30)21-19(27)11-12-20(22(21)28)35-18-9-7-17(26)8-10-18/h3-12H,13H2,1-2H3,(H3,29,30)(H,31,33)/t25-/m0/s1. The molecule has 1 amide bonds. The molecule has 1 atom stereocenters. The Balaban J connectivity index is 1.98. The number of nitrogens with two attached hydrogens (primary N) is 1. The highest BCUT2D eigenvalue weighted by molar-refractivity contribution is 5.94. The molecule has 0 radical (unpaired) electrons. The number of halogens is 3. The van der Waals surface area contributed by atoms with E-state index < -0.39 is 46.4 Å². The number of benzene rings is 3. The van der Waals surface area contributed by atoms with Gasteiger partial charge in [0, 0.05) is 26.1 Å². The van der Waals surface area contributed by atoms with Crippen molar-refractivity contribution < 1.29 is 37.0 Å². The van der Waals surface area contributed by atoms with Crippen LogP contribution in [0.3, 0.4) is 0 Å². The van der Waals surface area contributed by atoms with E-state index in [2.05, 4.69) is 5.32 Å². The van der Waals surface area contributed by atoms with Crippen LogP contribution in [0.15, 0.2) is 60.7 Å². The molecular formula is C25H22F3N3O5. The molecule has 0 aliphatic heterocycles. The third-order valence-corrected chi connectivity index (χ3v) is 5.02. The van der Waals surface area contributed by atoms with Crippen LogP contribution in [0, 0.1) is 22.9 Å². The Morgan fingerprint density at radius 1 is 1.00 bits per heavy atom. The summed E-state index contributed by atoms with van der Waals surface area (Å²) in [6.07, 6.45) is 0. The summed E-state index contributed by atoms with van der Waals surface area (Å²) < 4.78 is 59.3. The second-order valence-electron chi connectivity index (χ2n) is 7.50. The second kappa shape index (κ2) is 10.9. The number of ether oxygens (including phenoxy) is 3. The number of hydrogen-bond acceptors (Lipinski definition) is 6. The molecule has 0 saturated carbocycles. The lowest BCUT2D eigenvalue weighted by Crippen LogP contribution is -2.49. The highest BCUT2D eigenvalue weighted by Gasteiger charge is 2.49. The average Bonchev–Trinajstić information content (AvgIpc) is 2.84. The first-order chi connectivity index (χ1) is 17.1. The first-order valence-electron chi connectivity index (χ1n) is 10.5. The molecule has 188 valence electrons. The highest BCUT2D eigenvalue weighted by atomic mass is 19.1. The number of amidine groups is 1. The summed E-state index contributed by atoms with van der Waals surface area (Å²) >= 11 is 0. The smallest absolute Gasteiger partial charge is 0.326 e. The Morgan fingerprint density at radius 2 is 1.64 bits per heavy atom. The number of nitrogens with one attached hydrogen (secondary N) is 2. The molecular weight excluding hydrogens is 479 g/mol. The fraction of sp³-hybridized carbons (Fsp3) is 0.160. The zero-order chi connectivity index (χ0) is 26.5. The van der Waals surface area contributed by atoms with E-state index in [1.54, 1.807) is 24.3 Å². The van der Waals surface area contributed by atoms with Gasteiger partial charge in [-0.25, -0.2) is 13.2 Å². The molecule has 0 aliphatic carbocycles. The minimum Gasteiger partial charge on any atom is -0.454 e. The van der Waals surface area contributed by atoms with Gasteiger partial charge < -0.3 is 25.3 Å². The van der Waals surface area contributed by atoms with Gasteiger partial charge in [0.15, 0.2) is 11.6 Å². The quantitative estimate of drug-likeness (QED) is 0.177. The van der Waals surface area contributed by atoms with E-state index in [-0.39, 0.29) is 18.1 Å². The minimum absolute atomic E-state index is 0.0295. The molecule has 8 nitrogen and oxygen atoms in total. The monoisotopic (exact) mass is 501 g/mol. The van der Waals surface area contributed by atoms with Crippen LogP contribution in [0.5, 0.6) is 11.5 Å². The maximum atomic E-state index is 15.6. The van der Waals surface area contributed by atoms with Gasteiger partial charge in [-0.2, -0.15) is 0 Å². The van der Waals surface area contributed by atoms with Gasteiger partial charge in [-0.15, -0.1) is 0 Å². The lowest BCUT2D eigenvalue weighted by atomic mass is 10.0. The van der Waals surface area contributed by atoms with Crippen LogP contribution in [0.4, 0.5) is 13.2 Å². The minimum atomic E-state index is -2.85. The number of nitrogen functional groups attached to an aromatic ring is 1. The first-order valence-corrected chi connectivity index (χ1v) is 10.5. The number of carbonyl (C=O) groups excluding carboxylic acids is 2. The summed E-state index contributed by atoms with van der Waals surface area (Å²) in [6, 6.07) is 12.6. The van der Waals surface area contributed by atoms with Crippen molar-refractivity contribution in [2.75, 3.05) is 7.11 Å². The van der Waals surface area contributed by atoms with E-state index in [0.29, 0.717) is 11.1 Å². The van der Waals surface area contributed by atoms with Crippen molar-refractivity contribution in [2.45, 2.75) is 19.3 Å². The van der Waals surface area contributed by atoms with E-state index in [1.807, 2.05) is 0 Å². The molecule has 0 unspecified atom stereocenters. The van der Waals surface area contributed by atoms with Crippen LogP contribution in [-0.4, -0.2) is 24.8 Å². The Kier molecular flexibility index (Phi) is 7.95. The van der Waals surface area contributed by atoms with E-state index in [0.717, 1.165) is 38.3 Å². The molecule has 0 aromatic heterocycles. The molecule has 0 heterocycles. The van der Waals surface area contributed by atoms with Crippen molar-refractivity contribution >= 4 is 17.7 Å². The fourth-order valence-corrected chi connectivity index (χ4v) is 3.29. The number of hydrogen-bond donors (Lipinski definition) is 3. The molecule has 3 aromatic carbocycles. The van der Waals surface area contributed by atoms with Crippen molar-refractivity contribution in [1.29, 1.82) is 5.41 Å². The maximum Gasteiger partial charge on any atom is 0.326 e. The van der Waals surface area contributed by atoms with E-state index in [4.69, 9.17) is 25.4 Å². The van der Waals surface area contributed by atoms with Crippen LogP contribution in [-0.2, 0) is 31.4 Å². The van der Waals surface area contributed by atoms with E-state index >= 15 is 4.39 Å². The Bertz CT molecular complexity index is 1280. The molecule has 0 spiro atoms. The lowest BCUT2D eigenvalue weighted by molar-refractivity contribution is -0.226. The van der Waals surface area contributed by atoms with Crippen molar-refractivity contribution in [3.63, 3.8) is 0 Å². The highest BCUT2D eigenvalue weighted by Crippen LogP contribution is 2.37. The maximum absolute atomic E-state index is 15.6. The van der Waals surface area contributed by atoms with Gasteiger partial charge in [0.25, 0.3) is 5.91 Å². The van der Waals surface area contributed by atoms with Gasteiger partial charge in [-0.1, -0.05) is 24.3 Å². The molecule has 0 bridgehead atoms. The van der Waals surface area contributed by atoms with Crippen molar-refractivity contribution in [1.82, 2.24) is 5.32 Å². The normalized spacial score (nSPS) is 12.4. The summed E-state index contributed by atoms with van der Waals surface area (Å²) in [5, 5.41) is 9.86. The Morgan fingerprint density at radius 3 is 2.19 bits per heavy atom. The average molecular weight is 501 g/mol. The fourth-order valence-electron chi connectivity index (χ4n) is 3.29. The second-order valence-corrected chi connectivity index (χ2v) is 7.50. The molecule has 0 saturated heterocycles. The van der Waals surface area contributed by atoms with E-state index in [9.17, 15) is 18.4 Å². The first kappa shape index (κ1) is 26.2. The number of amides is 1. The SMILES string of the molecule is CO[C@@](OC(C)=O)(C(=O)NCc1ccc(C(=N)N)cc1)c1c(F)ccc(Oc2ccc(F)cc2)c1F. The van der Waals surface area contributed by atoms with Crippen molar-refractivity contribution in [2.24, 2.45) is 5.73 Å². The summed E-state index contributed by atoms with van der Waals surface area (Å²) in [5.74, 6) is -8.89. The third-order valence-electron chi connectivity index (χ3n) is 5.02. The van der Waals surface area contributed by atoms with Gasteiger partial charge in [0.05, 0.1) is 0 Å². The van der Waals surface area contributed by atoms with Gasteiger partial charge in [-0.3, -0.25) is 15.0 Å². The molecule has 3 aromatic rings. The predicted octanol–water partition coefficient (Wildman–Crippen LogP) is 3.86. The van der Waals surface area contributed by atoms with Crippen LogP contribution >= 0.6 is 0 Å².